The lowest BCUT2D eigenvalue weighted by Gasteiger charge is -2.29. The number of carbonyl (C=O) groups is 1. The summed E-state index contributed by atoms with van der Waals surface area (Å²) in [4.78, 5) is 22.9. The molecule has 11 heteroatoms. The van der Waals surface area contributed by atoms with Crippen molar-refractivity contribution in [1.82, 2.24) is 14.3 Å². The van der Waals surface area contributed by atoms with E-state index in [9.17, 15) is 13.2 Å². The van der Waals surface area contributed by atoms with E-state index >= 15 is 0 Å². The van der Waals surface area contributed by atoms with E-state index in [1.165, 1.54) is 31.3 Å². The van der Waals surface area contributed by atoms with Gasteiger partial charge in [-0.25, -0.2) is 13.4 Å². The highest BCUT2D eigenvalue weighted by atomic mass is 32.2. The maximum Gasteiger partial charge on any atom is 0.245 e. The molecule has 2 N–H and O–H groups in total. The van der Waals surface area contributed by atoms with E-state index in [0.29, 0.717) is 28.2 Å². The van der Waals surface area contributed by atoms with E-state index in [1.54, 1.807) is 42.5 Å². The molecule has 3 aromatic carbocycles. The number of aromatic nitrogens is 2. The molecule has 1 aromatic heterocycles. The molecule has 0 amide bonds. The van der Waals surface area contributed by atoms with Crippen LogP contribution in [0.4, 0.5) is 5.69 Å². The number of ketones is 1. The Bertz CT molecular complexity index is 1530. The summed E-state index contributed by atoms with van der Waals surface area (Å²) >= 11 is 0. The van der Waals surface area contributed by atoms with Crippen molar-refractivity contribution in [2.24, 2.45) is 0 Å². The summed E-state index contributed by atoms with van der Waals surface area (Å²) in [6.45, 7) is -0.701. The average molecular weight is 520 g/mol. The number of nitrogens with zero attached hydrogens (tertiary/aromatic N) is 3. The summed E-state index contributed by atoms with van der Waals surface area (Å²) in [6, 6.07) is 20.2. The van der Waals surface area contributed by atoms with Gasteiger partial charge in [0.1, 0.15) is 29.1 Å². The van der Waals surface area contributed by atoms with Crippen molar-refractivity contribution in [3.8, 4) is 11.5 Å². The lowest BCUT2D eigenvalue weighted by molar-refractivity contribution is -0.119. The lowest BCUT2D eigenvalue weighted by Crippen LogP contribution is -2.42. The Morgan fingerprint density at radius 3 is 2.27 bits per heavy atom. The van der Waals surface area contributed by atoms with Gasteiger partial charge in [0.05, 0.1) is 49.0 Å². The van der Waals surface area contributed by atoms with Gasteiger partial charge in [0.2, 0.25) is 10.0 Å². The van der Waals surface area contributed by atoms with Gasteiger partial charge in [-0.1, -0.05) is 30.3 Å². The number of fused-ring (bicyclic) bond motifs is 1. The monoisotopic (exact) mass is 519 g/mol. The van der Waals surface area contributed by atoms with Crippen LogP contribution in [0.3, 0.4) is 0 Å². The Kier molecular flexibility index (Phi) is 6.40. The van der Waals surface area contributed by atoms with Crippen LogP contribution in [0, 0.1) is 5.41 Å². The molecule has 1 unspecified atom stereocenters. The number of para-hydroxylation sites is 2. The van der Waals surface area contributed by atoms with Crippen molar-refractivity contribution in [3.05, 3.63) is 78.6 Å². The van der Waals surface area contributed by atoms with Gasteiger partial charge in [-0.3, -0.25) is 10.2 Å². The maximum atomic E-state index is 13.6. The number of ether oxygens (including phenoxy) is 2. The highest BCUT2D eigenvalue weighted by Gasteiger charge is 2.41. The quantitative estimate of drug-likeness (QED) is 0.400. The molecular formula is C26H25N5O5S. The number of sulfonamides is 1. The smallest absolute Gasteiger partial charge is 0.245 e. The zero-order valence-corrected chi connectivity index (χ0v) is 21.0. The summed E-state index contributed by atoms with van der Waals surface area (Å²) in [5, 5.41) is 9.12. The van der Waals surface area contributed by atoms with Gasteiger partial charge in [-0.2, -0.15) is 4.31 Å². The second-order valence-corrected chi connectivity index (χ2v) is 10.4. The number of anilines is 1. The Morgan fingerprint density at radius 2 is 1.62 bits per heavy atom. The minimum atomic E-state index is -4.06. The van der Waals surface area contributed by atoms with E-state index in [2.05, 4.69) is 9.97 Å². The fourth-order valence-corrected chi connectivity index (χ4v) is 5.68. The summed E-state index contributed by atoms with van der Waals surface area (Å²) in [5.41, 5.74) is 1.79. The molecule has 0 aliphatic carbocycles. The first-order valence-corrected chi connectivity index (χ1v) is 12.9. The molecule has 0 radical (unpaired) electrons. The Hall–Kier alpha value is -4.22. The van der Waals surface area contributed by atoms with Crippen molar-refractivity contribution < 1.29 is 22.7 Å². The topological polar surface area (TPSA) is 129 Å². The molecule has 0 bridgehead atoms. The molecule has 1 saturated heterocycles. The van der Waals surface area contributed by atoms with Gasteiger partial charge in [-0.05, 0) is 24.3 Å². The number of nitrogens with one attached hydrogen (secondary N) is 2. The molecular weight excluding hydrogens is 494 g/mol. The summed E-state index contributed by atoms with van der Waals surface area (Å²) in [7, 11) is -1.06. The molecule has 37 heavy (non-hydrogen) atoms. The molecule has 1 aliphatic rings. The molecule has 0 spiro atoms. The SMILES string of the molecule is COc1cc(OC)cc(N2CN(S(=O)(=O)c3ccccc3)CC(=O)C(c3nc4ccccc4[nH]3)C2=N)c1. The van der Waals surface area contributed by atoms with Crippen molar-refractivity contribution in [1.29, 1.82) is 5.41 Å². The number of carbonyl (C=O) groups excluding carboxylic acids is 1. The van der Waals surface area contributed by atoms with Crippen LogP contribution >= 0.6 is 0 Å². The van der Waals surface area contributed by atoms with Gasteiger partial charge in [0, 0.05) is 18.2 Å². The number of amidine groups is 1. The lowest BCUT2D eigenvalue weighted by atomic mass is 10.0. The van der Waals surface area contributed by atoms with Crippen molar-refractivity contribution in [2.45, 2.75) is 10.8 Å². The number of benzene rings is 3. The van der Waals surface area contributed by atoms with E-state index in [1.807, 2.05) is 18.2 Å². The minimum Gasteiger partial charge on any atom is -0.497 e. The molecule has 4 aromatic rings. The number of imidazole rings is 1. The number of H-pyrrole nitrogens is 1. The standard InChI is InChI=1S/C26H25N5O5S/c1-35-18-12-17(13-19(14-18)36-2)31-16-30(37(33,34)20-8-4-3-5-9-20)15-23(32)24(25(31)27)26-28-21-10-6-7-11-22(21)29-26/h3-14,24,27H,15-16H2,1-2H3,(H,28,29). The molecule has 2 heterocycles. The first kappa shape index (κ1) is 24.5. The van der Waals surface area contributed by atoms with Gasteiger partial charge in [0.25, 0.3) is 0 Å². The fraction of sp³-hybridized carbons (Fsp3) is 0.192. The number of rotatable bonds is 6. The summed E-state index contributed by atoms with van der Waals surface area (Å²) < 4.78 is 39.1. The number of Topliss-reactive ketones (excluding diaryl/α,β-unsaturated/α-hetero) is 1. The zero-order valence-electron chi connectivity index (χ0n) is 20.2. The predicted octanol–water partition coefficient (Wildman–Crippen LogP) is 3.38. The fourth-order valence-electron chi connectivity index (χ4n) is 4.32. The van der Waals surface area contributed by atoms with Crippen LogP contribution < -0.4 is 14.4 Å². The maximum absolute atomic E-state index is 13.6. The van der Waals surface area contributed by atoms with Crippen LogP contribution in [0.1, 0.15) is 11.7 Å². The average Bonchev–Trinajstić information content (AvgIpc) is 3.28. The molecule has 1 atom stereocenters. The van der Waals surface area contributed by atoms with E-state index in [4.69, 9.17) is 14.9 Å². The first-order chi connectivity index (χ1) is 17.8. The van der Waals surface area contributed by atoms with Crippen molar-refractivity contribution in [2.75, 3.05) is 32.3 Å². The van der Waals surface area contributed by atoms with Gasteiger partial charge in [-0.15, -0.1) is 0 Å². The Balaban J connectivity index is 1.65. The van der Waals surface area contributed by atoms with Crippen LogP contribution in [0.15, 0.2) is 77.7 Å². The third-order valence-electron chi connectivity index (χ3n) is 6.23. The number of hydrogen-bond acceptors (Lipinski definition) is 7. The second kappa shape index (κ2) is 9.68. The Labute approximate surface area is 214 Å². The Morgan fingerprint density at radius 1 is 0.973 bits per heavy atom. The zero-order chi connectivity index (χ0) is 26.2. The van der Waals surface area contributed by atoms with Crippen LogP contribution in [0.5, 0.6) is 11.5 Å². The normalized spacial score (nSPS) is 17.1. The largest absolute Gasteiger partial charge is 0.497 e. The third-order valence-corrected chi connectivity index (χ3v) is 8.02. The predicted molar refractivity (Wildman–Crippen MR) is 139 cm³/mol. The van der Waals surface area contributed by atoms with E-state index in [0.717, 1.165) is 4.31 Å². The van der Waals surface area contributed by atoms with Gasteiger partial charge in [0.15, 0.2) is 5.78 Å². The molecule has 0 saturated carbocycles. The highest BCUT2D eigenvalue weighted by molar-refractivity contribution is 7.89. The molecule has 190 valence electrons. The summed E-state index contributed by atoms with van der Waals surface area (Å²) in [6.07, 6.45) is 0. The van der Waals surface area contributed by atoms with Crippen LogP contribution in [0.2, 0.25) is 0 Å². The van der Waals surface area contributed by atoms with E-state index in [-0.39, 0.29) is 23.2 Å². The van der Waals surface area contributed by atoms with Crippen LogP contribution in [0.25, 0.3) is 11.0 Å². The highest BCUT2D eigenvalue weighted by Crippen LogP contribution is 2.34. The molecule has 5 rings (SSSR count). The van der Waals surface area contributed by atoms with Crippen LogP contribution in [-0.4, -0.2) is 61.7 Å². The van der Waals surface area contributed by atoms with Crippen molar-refractivity contribution >= 4 is 38.4 Å². The minimum absolute atomic E-state index is 0.0553. The molecule has 1 fully saturated rings. The summed E-state index contributed by atoms with van der Waals surface area (Å²) in [5.74, 6) is -0.535. The first-order valence-electron chi connectivity index (χ1n) is 11.4. The van der Waals surface area contributed by atoms with Crippen molar-refractivity contribution in [3.63, 3.8) is 0 Å². The molecule has 10 nitrogen and oxygen atoms in total. The van der Waals surface area contributed by atoms with Crippen LogP contribution in [-0.2, 0) is 14.8 Å². The number of hydrogen-bond donors (Lipinski definition) is 2. The van der Waals surface area contributed by atoms with Gasteiger partial charge < -0.3 is 19.4 Å². The third kappa shape index (κ3) is 4.54. The van der Waals surface area contributed by atoms with Gasteiger partial charge >= 0.3 is 0 Å². The number of methoxy groups -OCH3 is 2. The second-order valence-electron chi connectivity index (χ2n) is 8.49. The number of aromatic amines is 1. The van der Waals surface area contributed by atoms with E-state index < -0.39 is 28.3 Å². The molecule has 1 aliphatic heterocycles.